The highest BCUT2D eigenvalue weighted by atomic mass is 32.1. The van der Waals surface area contributed by atoms with E-state index in [9.17, 15) is 18.0 Å². The van der Waals surface area contributed by atoms with Crippen molar-refractivity contribution in [2.75, 3.05) is 6.54 Å². The first-order chi connectivity index (χ1) is 17.5. The highest BCUT2D eigenvalue weighted by molar-refractivity contribution is 7.10. The summed E-state index contributed by atoms with van der Waals surface area (Å²) in [7, 11) is 0. The van der Waals surface area contributed by atoms with Crippen LogP contribution in [0.1, 0.15) is 60.7 Å². The maximum Gasteiger partial charge on any atom is 0.503 e. The van der Waals surface area contributed by atoms with Gasteiger partial charge in [-0.25, -0.2) is 9.78 Å². The number of carboxylic acid groups (broad SMARTS) is 2. The van der Waals surface area contributed by atoms with Crippen molar-refractivity contribution in [1.82, 2.24) is 14.5 Å². The summed E-state index contributed by atoms with van der Waals surface area (Å²) in [5.41, 5.74) is 3.55. The molecule has 1 aliphatic heterocycles. The van der Waals surface area contributed by atoms with Crippen LogP contribution in [0.15, 0.2) is 29.8 Å². The number of amides is 1. The first-order valence-corrected chi connectivity index (χ1v) is 13.2. The fourth-order valence-electron chi connectivity index (χ4n) is 5.34. The standard InChI is InChI=1S/C25H28F3N3OS.CH2O3/c1-16-4-6-17(7-5-16)12-23(32)30-10-8-19-20-3-2-9-29-24(20)31(21(19)14-30)13-18-11-22(33-15-18)25(26,27)28;2-1(3)4/h2-3,9,11,15-17H,4-8,10,12-14H2,1H3;(H2,2,3,4). The van der Waals surface area contributed by atoms with Gasteiger partial charge in [0, 0.05) is 30.2 Å². The molecule has 37 heavy (non-hydrogen) atoms. The summed E-state index contributed by atoms with van der Waals surface area (Å²) < 4.78 is 41.3. The van der Waals surface area contributed by atoms with Crippen molar-refractivity contribution in [1.29, 1.82) is 0 Å². The molecule has 5 rings (SSSR count). The Morgan fingerprint density at radius 3 is 2.54 bits per heavy atom. The minimum Gasteiger partial charge on any atom is -0.450 e. The molecule has 3 aromatic heterocycles. The van der Waals surface area contributed by atoms with Crippen LogP contribution in [0.5, 0.6) is 0 Å². The zero-order valence-corrected chi connectivity index (χ0v) is 21.3. The monoisotopic (exact) mass is 537 g/mol. The van der Waals surface area contributed by atoms with Crippen molar-refractivity contribution in [2.45, 2.75) is 64.7 Å². The molecule has 0 radical (unpaired) electrons. The maximum atomic E-state index is 13.1. The first kappa shape index (κ1) is 27.0. The highest BCUT2D eigenvalue weighted by Crippen LogP contribution is 2.36. The summed E-state index contributed by atoms with van der Waals surface area (Å²) in [5, 5.41) is 16.5. The van der Waals surface area contributed by atoms with Crippen LogP contribution in [-0.4, -0.2) is 43.3 Å². The maximum absolute atomic E-state index is 13.1. The Morgan fingerprint density at radius 1 is 1.19 bits per heavy atom. The van der Waals surface area contributed by atoms with E-state index in [0.29, 0.717) is 37.5 Å². The van der Waals surface area contributed by atoms with Gasteiger partial charge in [-0.2, -0.15) is 13.2 Å². The molecule has 0 spiro atoms. The molecule has 3 aromatic rings. The summed E-state index contributed by atoms with van der Waals surface area (Å²) in [5.74, 6) is 1.42. The highest BCUT2D eigenvalue weighted by Gasteiger charge is 2.33. The van der Waals surface area contributed by atoms with Gasteiger partial charge in [-0.3, -0.25) is 4.79 Å². The molecular formula is C26H30F3N3O4S. The van der Waals surface area contributed by atoms with E-state index in [-0.39, 0.29) is 5.91 Å². The number of thiophene rings is 1. The number of pyridine rings is 1. The smallest absolute Gasteiger partial charge is 0.450 e. The fourth-order valence-corrected chi connectivity index (χ4v) is 6.12. The fraction of sp³-hybridized carbons (Fsp3) is 0.500. The second-order valence-electron chi connectivity index (χ2n) is 9.88. The number of aromatic nitrogens is 2. The molecule has 1 amide bonds. The topological polar surface area (TPSA) is 95.7 Å². The minimum atomic E-state index is -4.33. The van der Waals surface area contributed by atoms with Crippen LogP contribution in [0, 0.1) is 11.8 Å². The lowest BCUT2D eigenvalue weighted by Gasteiger charge is -2.31. The Hall–Kier alpha value is -3.08. The summed E-state index contributed by atoms with van der Waals surface area (Å²) >= 11 is 0.723. The number of rotatable bonds is 4. The number of carbonyl (C=O) groups is 2. The van der Waals surface area contributed by atoms with Gasteiger partial charge in [0.15, 0.2) is 0 Å². The van der Waals surface area contributed by atoms with Gasteiger partial charge in [-0.15, -0.1) is 11.3 Å². The predicted molar refractivity (Wildman–Crippen MR) is 134 cm³/mol. The Bertz CT molecular complexity index is 1260. The third-order valence-electron chi connectivity index (χ3n) is 7.24. The molecule has 4 heterocycles. The van der Waals surface area contributed by atoms with Crippen molar-refractivity contribution in [2.24, 2.45) is 11.8 Å². The number of hydrogen-bond acceptors (Lipinski definition) is 4. The summed E-state index contributed by atoms with van der Waals surface area (Å²) in [6, 6.07) is 5.13. The lowest BCUT2D eigenvalue weighted by molar-refractivity contribution is -0.134. The van der Waals surface area contributed by atoms with Gasteiger partial charge in [0.1, 0.15) is 10.5 Å². The lowest BCUT2D eigenvalue weighted by Crippen LogP contribution is -2.37. The number of fused-ring (bicyclic) bond motifs is 3. The normalized spacial score (nSPS) is 19.7. The average molecular weight is 538 g/mol. The molecule has 0 bridgehead atoms. The van der Waals surface area contributed by atoms with Crippen molar-refractivity contribution >= 4 is 34.4 Å². The van der Waals surface area contributed by atoms with Gasteiger partial charge >= 0.3 is 12.3 Å². The second-order valence-corrected chi connectivity index (χ2v) is 10.8. The Kier molecular flexibility index (Phi) is 8.11. The van der Waals surface area contributed by atoms with E-state index < -0.39 is 17.2 Å². The third kappa shape index (κ3) is 6.44. The Labute approximate surface area is 216 Å². The van der Waals surface area contributed by atoms with E-state index in [4.69, 9.17) is 15.0 Å². The van der Waals surface area contributed by atoms with Crippen LogP contribution >= 0.6 is 11.3 Å². The minimum absolute atomic E-state index is 0.194. The zero-order chi connectivity index (χ0) is 26.7. The quantitative estimate of drug-likeness (QED) is 0.397. The summed E-state index contributed by atoms with van der Waals surface area (Å²) in [4.78, 5) is 27.6. The van der Waals surface area contributed by atoms with Gasteiger partial charge in [0.2, 0.25) is 5.91 Å². The second kappa shape index (κ2) is 11.1. The number of nitrogens with zero attached hydrogens (tertiary/aromatic N) is 3. The van der Waals surface area contributed by atoms with Crippen LogP contribution in [0.4, 0.5) is 18.0 Å². The van der Waals surface area contributed by atoms with Crippen LogP contribution in [-0.2, 0) is 30.5 Å². The van der Waals surface area contributed by atoms with Gasteiger partial charge in [0.05, 0.1) is 13.1 Å². The van der Waals surface area contributed by atoms with Gasteiger partial charge < -0.3 is 19.7 Å². The summed E-state index contributed by atoms with van der Waals surface area (Å²) in [6.45, 7) is 3.77. The molecule has 0 atom stereocenters. The van der Waals surface area contributed by atoms with Gasteiger partial charge in [0.25, 0.3) is 0 Å². The molecule has 200 valence electrons. The molecule has 0 unspecified atom stereocenters. The van der Waals surface area contributed by atoms with Crippen LogP contribution in [0.25, 0.3) is 11.0 Å². The molecule has 1 fully saturated rings. The molecule has 0 saturated heterocycles. The molecule has 2 N–H and O–H groups in total. The molecule has 2 aliphatic rings. The van der Waals surface area contributed by atoms with Gasteiger partial charge in [-0.1, -0.05) is 19.8 Å². The van der Waals surface area contributed by atoms with Crippen molar-refractivity contribution < 1.29 is 33.0 Å². The number of hydrogen-bond donors (Lipinski definition) is 2. The van der Waals surface area contributed by atoms with E-state index in [1.54, 1.807) is 11.6 Å². The number of carbonyl (C=O) groups excluding carboxylic acids is 1. The predicted octanol–water partition coefficient (Wildman–Crippen LogP) is 6.49. The van der Waals surface area contributed by atoms with E-state index in [1.165, 1.54) is 24.5 Å². The van der Waals surface area contributed by atoms with Gasteiger partial charge in [-0.05, 0) is 65.8 Å². The Morgan fingerprint density at radius 2 is 1.89 bits per heavy atom. The molecule has 1 aliphatic carbocycles. The zero-order valence-electron chi connectivity index (χ0n) is 20.5. The van der Waals surface area contributed by atoms with E-state index in [1.807, 2.05) is 21.6 Å². The molecule has 7 nitrogen and oxygen atoms in total. The SMILES string of the molecule is CC1CCC(CC(=O)N2CCc3c(n(Cc4csc(C(F)(F)F)c4)c4ncccc34)C2)CC1.O=C(O)O. The molecule has 1 saturated carbocycles. The molecular weight excluding hydrogens is 507 g/mol. The molecule has 0 aromatic carbocycles. The number of alkyl halides is 3. The number of halogens is 3. The van der Waals surface area contributed by atoms with Crippen LogP contribution in [0.2, 0.25) is 0 Å². The van der Waals surface area contributed by atoms with Crippen LogP contribution < -0.4 is 0 Å². The van der Waals surface area contributed by atoms with Crippen molar-refractivity contribution in [3.05, 3.63) is 51.5 Å². The largest absolute Gasteiger partial charge is 0.503 e. The Balaban J connectivity index is 0.000000747. The first-order valence-electron chi connectivity index (χ1n) is 12.3. The molecule has 11 heteroatoms. The van der Waals surface area contributed by atoms with Crippen LogP contribution in [0.3, 0.4) is 0 Å². The van der Waals surface area contributed by atoms with Crippen molar-refractivity contribution in [3.8, 4) is 0 Å². The summed E-state index contributed by atoms with van der Waals surface area (Å²) in [6.07, 6.45) is 1.53. The average Bonchev–Trinajstić information content (AvgIpc) is 3.44. The van der Waals surface area contributed by atoms with Crippen molar-refractivity contribution in [3.63, 3.8) is 0 Å². The third-order valence-corrected chi connectivity index (χ3v) is 8.26. The lowest BCUT2D eigenvalue weighted by atomic mass is 9.81. The van der Waals surface area contributed by atoms with E-state index in [2.05, 4.69) is 11.9 Å². The van der Waals surface area contributed by atoms with E-state index in [0.717, 1.165) is 53.2 Å². The van der Waals surface area contributed by atoms with E-state index >= 15 is 0 Å².